The van der Waals surface area contributed by atoms with Gasteiger partial charge in [-0.2, -0.15) is 0 Å². The highest BCUT2D eigenvalue weighted by molar-refractivity contribution is 7.17. The van der Waals surface area contributed by atoms with Gasteiger partial charge in [-0.15, -0.1) is 11.3 Å². The van der Waals surface area contributed by atoms with E-state index in [1.165, 1.54) is 5.39 Å². The maximum absolute atomic E-state index is 5.80. The average Bonchev–Trinajstić information content (AvgIpc) is 2.36. The Morgan fingerprint density at radius 1 is 1.40 bits per heavy atom. The van der Waals surface area contributed by atoms with Gasteiger partial charge in [0.1, 0.15) is 5.15 Å². The smallest absolute Gasteiger partial charge is 0.146 e. The van der Waals surface area contributed by atoms with Gasteiger partial charge in [0, 0.05) is 6.20 Å². The van der Waals surface area contributed by atoms with Gasteiger partial charge in [-0.3, -0.25) is 0 Å². The minimum atomic E-state index is 0.604. The van der Waals surface area contributed by atoms with Crippen molar-refractivity contribution in [2.75, 3.05) is 0 Å². The molecule has 10 heavy (non-hydrogen) atoms. The molecule has 3 heteroatoms. The summed E-state index contributed by atoms with van der Waals surface area (Å²) in [6, 6.07) is 3.99. The maximum Gasteiger partial charge on any atom is 0.146 e. The molecule has 0 saturated carbocycles. The summed E-state index contributed by atoms with van der Waals surface area (Å²) in [6.07, 6.45) is 1.72. The number of rotatable bonds is 0. The van der Waals surface area contributed by atoms with Crippen LogP contribution in [-0.2, 0) is 0 Å². The van der Waals surface area contributed by atoms with Crippen molar-refractivity contribution in [2.24, 2.45) is 0 Å². The molecule has 0 aliphatic heterocycles. The predicted molar refractivity (Wildman–Crippen MR) is 44.6 cm³/mol. The third kappa shape index (κ3) is 0.805. The highest BCUT2D eigenvalue weighted by atomic mass is 35.5. The van der Waals surface area contributed by atoms with Gasteiger partial charge in [-0.1, -0.05) is 11.6 Å². The van der Waals surface area contributed by atoms with Crippen molar-refractivity contribution >= 4 is 33.0 Å². The van der Waals surface area contributed by atoms with Crippen LogP contribution in [0.3, 0.4) is 0 Å². The zero-order valence-electron chi connectivity index (χ0n) is 5.04. The highest BCUT2D eigenvalue weighted by Gasteiger charge is 1.98. The van der Waals surface area contributed by atoms with Crippen LogP contribution in [0.25, 0.3) is 10.1 Å². The summed E-state index contributed by atoms with van der Waals surface area (Å²) in [6.45, 7) is 0. The minimum absolute atomic E-state index is 0.604. The van der Waals surface area contributed by atoms with Crippen LogP contribution >= 0.6 is 22.9 Å². The molecule has 0 amide bonds. The SMILES string of the molecule is Clc1nccc2ccsc12. The second-order valence-electron chi connectivity index (χ2n) is 1.94. The molecular formula is C7H4ClNS. The summed E-state index contributed by atoms with van der Waals surface area (Å²) in [4.78, 5) is 3.96. The molecule has 0 fully saturated rings. The molecule has 1 nitrogen and oxygen atoms in total. The van der Waals surface area contributed by atoms with Gasteiger partial charge in [0.05, 0.1) is 4.70 Å². The first-order valence-corrected chi connectivity index (χ1v) is 4.11. The number of pyridine rings is 1. The van der Waals surface area contributed by atoms with Crippen LogP contribution < -0.4 is 0 Å². The largest absolute Gasteiger partial charge is 0.243 e. The molecule has 0 radical (unpaired) electrons. The first-order chi connectivity index (χ1) is 4.88. The standard InChI is InChI=1S/C7H4ClNS/c8-7-6-5(1-3-9-7)2-4-10-6/h1-4H. The van der Waals surface area contributed by atoms with Crippen LogP contribution in [0.1, 0.15) is 0 Å². The van der Waals surface area contributed by atoms with E-state index < -0.39 is 0 Å². The Morgan fingerprint density at radius 2 is 2.30 bits per heavy atom. The Bertz CT molecular complexity index is 355. The molecule has 50 valence electrons. The van der Waals surface area contributed by atoms with Crippen LogP contribution in [0.2, 0.25) is 5.15 Å². The van der Waals surface area contributed by atoms with E-state index in [-0.39, 0.29) is 0 Å². The van der Waals surface area contributed by atoms with E-state index in [1.54, 1.807) is 17.5 Å². The van der Waals surface area contributed by atoms with Crippen molar-refractivity contribution in [3.63, 3.8) is 0 Å². The number of aromatic nitrogens is 1. The van der Waals surface area contributed by atoms with E-state index >= 15 is 0 Å². The number of thiophene rings is 1. The third-order valence-corrected chi connectivity index (χ3v) is 2.66. The molecule has 2 heterocycles. The lowest BCUT2D eigenvalue weighted by atomic mass is 10.3. The Balaban J connectivity index is 2.95. The lowest BCUT2D eigenvalue weighted by Crippen LogP contribution is -1.70. The zero-order chi connectivity index (χ0) is 6.97. The topological polar surface area (TPSA) is 12.9 Å². The predicted octanol–water partition coefficient (Wildman–Crippen LogP) is 2.95. The Morgan fingerprint density at radius 3 is 3.10 bits per heavy atom. The average molecular weight is 170 g/mol. The van der Waals surface area contributed by atoms with Crippen LogP contribution in [0.4, 0.5) is 0 Å². The van der Waals surface area contributed by atoms with E-state index in [1.807, 2.05) is 17.5 Å². The van der Waals surface area contributed by atoms with E-state index in [0.717, 1.165) is 4.70 Å². The summed E-state index contributed by atoms with van der Waals surface area (Å²) in [7, 11) is 0. The van der Waals surface area contributed by atoms with E-state index in [9.17, 15) is 0 Å². The molecule has 0 spiro atoms. The molecule has 0 aliphatic carbocycles. The van der Waals surface area contributed by atoms with Gasteiger partial charge in [0.15, 0.2) is 0 Å². The molecule has 0 aromatic carbocycles. The van der Waals surface area contributed by atoms with Gasteiger partial charge < -0.3 is 0 Å². The Kier molecular flexibility index (Phi) is 1.36. The fourth-order valence-corrected chi connectivity index (χ4v) is 1.93. The van der Waals surface area contributed by atoms with Gasteiger partial charge in [0.25, 0.3) is 0 Å². The fraction of sp³-hybridized carbons (Fsp3) is 0. The zero-order valence-corrected chi connectivity index (χ0v) is 6.62. The lowest BCUT2D eigenvalue weighted by Gasteiger charge is -1.88. The highest BCUT2D eigenvalue weighted by Crippen LogP contribution is 2.25. The van der Waals surface area contributed by atoms with Crippen LogP contribution in [0.5, 0.6) is 0 Å². The van der Waals surface area contributed by atoms with E-state index in [2.05, 4.69) is 4.98 Å². The molecule has 2 rings (SSSR count). The van der Waals surface area contributed by atoms with Crippen molar-refractivity contribution in [2.45, 2.75) is 0 Å². The van der Waals surface area contributed by atoms with Crippen molar-refractivity contribution in [3.05, 3.63) is 28.9 Å². The van der Waals surface area contributed by atoms with Crippen LogP contribution in [0.15, 0.2) is 23.7 Å². The molecule has 2 aromatic heterocycles. The second kappa shape index (κ2) is 2.22. The summed E-state index contributed by atoms with van der Waals surface area (Å²) < 4.78 is 1.07. The molecule has 0 saturated heterocycles. The van der Waals surface area contributed by atoms with Crippen LogP contribution in [-0.4, -0.2) is 4.98 Å². The first-order valence-electron chi connectivity index (χ1n) is 2.85. The summed E-state index contributed by atoms with van der Waals surface area (Å²) in [5.41, 5.74) is 0. The molecule has 0 aliphatic rings. The number of hydrogen-bond donors (Lipinski definition) is 0. The van der Waals surface area contributed by atoms with Crippen molar-refractivity contribution in [1.29, 1.82) is 0 Å². The summed E-state index contributed by atoms with van der Waals surface area (Å²) >= 11 is 7.42. The number of nitrogens with zero attached hydrogens (tertiary/aromatic N) is 1. The van der Waals surface area contributed by atoms with Gasteiger partial charge in [-0.25, -0.2) is 4.98 Å². The van der Waals surface area contributed by atoms with Gasteiger partial charge >= 0.3 is 0 Å². The molecular weight excluding hydrogens is 166 g/mol. The molecule has 0 bridgehead atoms. The van der Waals surface area contributed by atoms with E-state index in [4.69, 9.17) is 11.6 Å². The van der Waals surface area contributed by atoms with Crippen molar-refractivity contribution in [1.82, 2.24) is 4.98 Å². The maximum atomic E-state index is 5.80. The monoisotopic (exact) mass is 169 g/mol. The summed E-state index contributed by atoms with van der Waals surface area (Å²) in [5.74, 6) is 0. The number of fused-ring (bicyclic) bond motifs is 1. The molecule has 0 N–H and O–H groups in total. The number of hydrogen-bond acceptors (Lipinski definition) is 2. The number of halogens is 1. The second-order valence-corrected chi connectivity index (χ2v) is 3.21. The van der Waals surface area contributed by atoms with Crippen molar-refractivity contribution < 1.29 is 0 Å². The third-order valence-electron chi connectivity index (χ3n) is 1.33. The molecule has 0 atom stereocenters. The lowest BCUT2D eigenvalue weighted by molar-refractivity contribution is 1.37. The minimum Gasteiger partial charge on any atom is -0.243 e. The van der Waals surface area contributed by atoms with Gasteiger partial charge in [0.2, 0.25) is 0 Å². The van der Waals surface area contributed by atoms with E-state index in [0.29, 0.717) is 5.15 Å². The normalized spacial score (nSPS) is 10.5. The Labute approximate surface area is 67.3 Å². The molecule has 2 aromatic rings. The Hall–Kier alpha value is -0.600. The first kappa shape index (κ1) is 6.13. The van der Waals surface area contributed by atoms with Crippen molar-refractivity contribution in [3.8, 4) is 0 Å². The van der Waals surface area contributed by atoms with Crippen LogP contribution in [0, 0.1) is 0 Å². The summed E-state index contributed by atoms with van der Waals surface area (Å²) in [5, 5.41) is 3.79. The fourth-order valence-electron chi connectivity index (χ4n) is 0.860. The van der Waals surface area contributed by atoms with Gasteiger partial charge in [-0.05, 0) is 22.9 Å². The molecule has 0 unspecified atom stereocenters. The quantitative estimate of drug-likeness (QED) is 0.553.